The summed E-state index contributed by atoms with van der Waals surface area (Å²) in [4.78, 5) is 30.0. The maximum atomic E-state index is 14.2. The molecule has 2 N–H and O–H groups in total. The summed E-state index contributed by atoms with van der Waals surface area (Å²) in [6.07, 6.45) is 7.25. The molecule has 3 saturated heterocycles. The molecule has 0 saturated carbocycles. The quantitative estimate of drug-likeness (QED) is 0.127. The molecule has 0 aliphatic carbocycles. The number of halogens is 2. The first-order chi connectivity index (χ1) is 27.1. The Bertz CT molecular complexity index is 2110. The Hall–Kier alpha value is -4.56. The minimum atomic E-state index is -4.44. The topological polar surface area (TPSA) is 130 Å². The number of piperidine rings is 2. The molecule has 0 aromatic heterocycles. The predicted molar refractivity (Wildman–Crippen MR) is 216 cm³/mol. The fraction of sp³-hybridized carbons (Fsp3) is 0.405. The second-order valence-corrected chi connectivity index (χ2v) is 17.0. The zero-order valence-electron chi connectivity index (χ0n) is 31.2. The fourth-order valence-corrected chi connectivity index (χ4v) is 9.07. The van der Waals surface area contributed by atoms with E-state index in [9.17, 15) is 22.5 Å². The van der Waals surface area contributed by atoms with Gasteiger partial charge >= 0.3 is 0 Å². The van der Waals surface area contributed by atoms with Gasteiger partial charge in [0.1, 0.15) is 23.0 Å². The molecule has 7 rings (SSSR count). The molecular weight excluding hydrogens is 757 g/mol. The molecule has 0 spiro atoms. The van der Waals surface area contributed by atoms with Gasteiger partial charge in [-0.05, 0) is 122 Å². The van der Waals surface area contributed by atoms with Crippen molar-refractivity contribution in [2.24, 2.45) is 17.0 Å². The molecule has 3 fully saturated rings. The van der Waals surface area contributed by atoms with Crippen LogP contribution in [0, 0.1) is 22.6 Å². The molecule has 0 bridgehead atoms. The van der Waals surface area contributed by atoms with E-state index in [1.54, 1.807) is 18.2 Å². The van der Waals surface area contributed by atoms with Crippen LogP contribution >= 0.6 is 11.6 Å². The Morgan fingerprint density at radius 3 is 2.43 bits per heavy atom. The lowest BCUT2D eigenvalue weighted by Crippen LogP contribution is -2.41. The zero-order valence-corrected chi connectivity index (χ0v) is 32.7. The summed E-state index contributed by atoms with van der Waals surface area (Å²) in [5.41, 5.74) is 2.36. The van der Waals surface area contributed by atoms with Crippen molar-refractivity contribution in [3.05, 3.63) is 112 Å². The summed E-state index contributed by atoms with van der Waals surface area (Å²) in [5.74, 6) is -0.367. The number of nitroso groups, excluding NO2 is 1. The molecule has 1 amide bonds. The second kappa shape index (κ2) is 18.1. The summed E-state index contributed by atoms with van der Waals surface area (Å²) < 4.78 is 54.8. The van der Waals surface area contributed by atoms with Crippen LogP contribution < -0.4 is 19.7 Å². The van der Waals surface area contributed by atoms with E-state index in [2.05, 4.69) is 37.1 Å². The van der Waals surface area contributed by atoms with E-state index in [1.807, 2.05) is 12.1 Å². The van der Waals surface area contributed by atoms with Gasteiger partial charge in [0.25, 0.3) is 15.9 Å². The van der Waals surface area contributed by atoms with Gasteiger partial charge in [-0.25, -0.2) is 17.5 Å². The second-order valence-electron chi connectivity index (χ2n) is 14.9. The highest BCUT2D eigenvalue weighted by atomic mass is 35.5. The number of benzene rings is 4. The molecule has 0 radical (unpaired) electrons. The molecule has 56 heavy (non-hydrogen) atoms. The van der Waals surface area contributed by atoms with Crippen molar-refractivity contribution < 1.29 is 27.1 Å². The monoisotopic (exact) mass is 803 g/mol. The summed E-state index contributed by atoms with van der Waals surface area (Å²) in [7, 11) is -4.44. The van der Waals surface area contributed by atoms with Gasteiger partial charge < -0.3 is 19.7 Å². The van der Waals surface area contributed by atoms with Gasteiger partial charge in [0.05, 0.1) is 16.1 Å². The standard InChI is InChI=1S/C42H47ClFN5O6S/c43-32-9-7-31(8-10-32)40-6-1-2-19-49(40)28-30-15-20-48(21-16-30)34-11-13-37(41(25-34)55-35-5-3-4-33(44)24-35)42(50)47-56(52,53)36-12-14-38(39(26-36)46-51)45-27-29-17-22-54-23-18-29/h3-5,7-14,24-26,29-30,40,45H,1-2,6,15-23,27-28H2,(H,47,50). The zero-order chi connectivity index (χ0) is 39.1. The maximum absolute atomic E-state index is 14.2. The Balaban J connectivity index is 1.04. The van der Waals surface area contributed by atoms with E-state index < -0.39 is 21.7 Å². The summed E-state index contributed by atoms with van der Waals surface area (Å²) in [6, 6.07) is 23.0. The molecule has 296 valence electrons. The number of sulfonamides is 1. The van der Waals surface area contributed by atoms with Crippen molar-refractivity contribution in [3.8, 4) is 11.5 Å². The smallest absolute Gasteiger partial charge is 0.268 e. The molecule has 3 aliphatic heterocycles. The van der Waals surface area contributed by atoms with Gasteiger partial charge in [-0.3, -0.25) is 9.69 Å². The van der Waals surface area contributed by atoms with Crippen LogP contribution in [0.1, 0.15) is 66.9 Å². The normalized spacial score (nSPS) is 18.7. The average Bonchev–Trinajstić information content (AvgIpc) is 3.21. The van der Waals surface area contributed by atoms with Crippen LogP contribution in [0.5, 0.6) is 11.5 Å². The van der Waals surface area contributed by atoms with Crippen LogP contribution in [0.15, 0.2) is 95.0 Å². The van der Waals surface area contributed by atoms with Crippen LogP contribution in [0.25, 0.3) is 0 Å². The number of likely N-dealkylation sites (tertiary alicyclic amines) is 1. The highest BCUT2D eigenvalue weighted by Gasteiger charge is 2.29. The third-order valence-corrected chi connectivity index (χ3v) is 12.7. The first-order valence-corrected chi connectivity index (χ1v) is 21.2. The van der Waals surface area contributed by atoms with Crippen LogP contribution in [-0.4, -0.2) is 65.2 Å². The number of amides is 1. The third kappa shape index (κ3) is 9.87. The van der Waals surface area contributed by atoms with Gasteiger partial charge in [-0.1, -0.05) is 36.2 Å². The minimum Gasteiger partial charge on any atom is -0.456 e. The van der Waals surface area contributed by atoms with E-state index in [-0.39, 0.29) is 27.6 Å². The number of hydrogen-bond acceptors (Lipinski definition) is 10. The molecule has 3 aliphatic rings. The lowest BCUT2D eigenvalue weighted by molar-refractivity contribution is 0.0699. The summed E-state index contributed by atoms with van der Waals surface area (Å²) in [6.45, 7) is 5.59. The van der Waals surface area contributed by atoms with Crippen LogP contribution in [-0.2, 0) is 14.8 Å². The lowest BCUT2D eigenvalue weighted by Gasteiger charge is -2.41. The van der Waals surface area contributed by atoms with Gasteiger partial charge in [0.2, 0.25) is 0 Å². The lowest BCUT2D eigenvalue weighted by atomic mass is 9.91. The van der Waals surface area contributed by atoms with E-state index in [4.69, 9.17) is 21.1 Å². The number of nitrogens with one attached hydrogen (secondary N) is 2. The predicted octanol–water partition coefficient (Wildman–Crippen LogP) is 9.07. The third-order valence-electron chi connectivity index (χ3n) is 11.1. The van der Waals surface area contributed by atoms with E-state index >= 15 is 0 Å². The van der Waals surface area contributed by atoms with Gasteiger partial charge in [0, 0.05) is 68.3 Å². The number of ether oxygens (including phenoxy) is 2. The van der Waals surface area contributed by atoms with E-state index in [0.29, 0.717) is 43.3 Å². The molecule has 1 unspecified atom stereocenters. The fourth-order valence-electron chi connectivity index (χ4n) is 7.96. The number of carbonyl (C=O) groups is 1. The van der Waals surface area contributed by atoms with Crippen molar-refractivity contribution in [2.75, 3.05) is 56.2 Å². The summed E-state index contributed by atoms with van der Waals surface area (Å²) >= 11 is 6.17. The highest BCUT2D eigenvalue weighted by molar-refractivity contribution is 7.90. The van der Waals surface area contributed by atoms with Crippen LogP contribution in [0.4, 0.5) is 21.5 Å². The highest BCUT2D eigenvalue weighted by Crippen LogP contribution is 2.36. The molecule has 4 aromatic carbocycles. The Morgan fingerprint density at radius 1 is 0.893 bits per heavy atom. The van der Waals surface area contributed by atoms with Crippen molar-refractivity contribution in [3.63, 3.8) is 0 Å². The molecule has 14 heteroatoms. The molecular formula is C42H47ClFN5O6S. The Morgan fingerprint density at radius 2 is 1.68 bits per heavy atom. The van der Waals surface area contributed by atoms with Crippen LogP contribution in [0.3, 0.4) is 0 Å². The Kier molecular flexibility index (Phi) is 12.8. The van der Waals surface area contributed by atoms with Gasteiger partial charge in [-0.2, -0.15) is 0 Å². The number of nitrogens with zero attached hydrogens (tertiary/aromatic N) is 3. The van der Waals surface area contributed by atoms with E-state index in [1.165, 1.54) is 54.8 Å². The van der Waals surface area contributed by atoms with Gasteiger partial charge in [-0.15, -0.1) is 4.91 Å². The van der Waals surface area contributed by atoms with Crippen molar-refractivity contribution >= 4 is 44.6 Å². The molecule has 4 aromatic rings. The number of carbonyl (C=O) groups excluding carboxylic acids is 1. The maximum Gasteiger partial charge on any atom is 0.268 e. The summed E-state index contributed by atoms with van der Waals surface area (Å²) in [5, 5.41) is 6.98. The first kappa shape index (κ1) is 39.7. The first-order valence-electron chi connectivity index (χ1n) is 19.3. The van der Waals surface area contributed by atoms with Crippen molar-refractivity contribution in [1.82, 2.24) is 9.62 Å². The Labute approximate surface area is 332 Å². The minimum absolute atomic E-state index is 0.0571. The van der Waals surface area contributed by atoms with Crippen LogP contribution in [0.2, 0.25) is 5.02 Å². The largest absolute Gasteiger partial charge is 0.456 e. The molecule has 1 atom stereocenters. The number of rotatable bonds is 13. The molecule has 3 heterocycles. The average molecular weight is 804 g/mol. The number of anilines is 2. The van der Waals surface area contributed by atoms with Crippen molar-refractivity contribution in [1.29, 1.82) is 0 Å². The van der Waals surface area contributed by atoms with E-state index in [0.717, 1.165) is 75.1 Å². The van der Waals surface area contributed by atoms with Gasteiger partial charge in [0.15, 0.2) is 0 Å². The van der Waals surface area contributed by atoms with Crippen molar-refractivity contribution in [2.45, 2.75) is 55.9 Å². The molecule has 11 nitrogen and oxygen atoms in total. The SMILES string of the molecule is O=Nc1cc(S(=O)(=O)NC(=O)c2ccc(N3CCC(CN4CCCCC4c4ccc(Cl)cc4)CC3)cc2Oc2cccc(F)c2)ccc1NCC1CCOCC1. The number of hydrogen-bond donors (Lipinski definition) is 2.